The summed E-state index contributed by atoms with van der Waals surface area (Å²) in [5.41, 5.74) is 4.50. The van der Waals surface area contributed by atoms with Crippen molar-refractivity contribution in [3.8, 4) is 0 Å². The fourth-order valence-electron chi connectivity index (χ4n) is 1.95. The van der Waals surface area contributed by atoms with Gasteiger partial charge >= 0.3 is 0 Å². The highest BCUT2D eigenvalue weighted by Crippen LogP contribution is 2.10. The summed E-state index contributed by atoms with van der Waals surface area (Å²) in [4.78, 5) is 2.64. The molecule has 1 aliphatic heterocycles. The normalized spacial score (nSPS) is 17.4. The van der Waals surface area contributed by atoms with Gasteiger partial charge in [-0.15, -0.1) is 0 Å². The van der Waals surface area contributed by atoms with E-state index < -0.39 is 0 Å². The van der Waals surface area contributed by atoms with Gasteiger partial charge in [0.1, 0.15) is 0 Å². The molecular formula is C12H28N2. The van der Waals surface area contributed by atoms with Gasteiger partial charge in [-0.25, -0.2) is 0 Å². The highest BCUT2D eigenvalue weighted by Gasteiger charge is 2.08. The van der Waals surface area contributed by atoms with Crippen LogP contribution in [0.25, 0.3) is 0 Å². The van der Waals surface area contributed by atoms with Gasteiger partial charge in [0, 0.05) is 0 Å². The van der Waals surface area contributed by atoms with Crippen molar-refractivity contribution in [2.75, 3.05) is 26.7 Å². The quantitative estimate of drug-likeness (QED) is 0.691. The van der Waals surface area contributed by atoms with E-state index in [2.05, 4.69) is 17.6 Å². The maximum Gasteiger partial charge on any atom is -0.00187 e. The van der Waals surface area contributed by atoms with Crippen molar-refractivity contribution < 1.29 is 0 Å². The number of nitrogens with two attached hydrogens (primary N) is 1. The summed E-state index contributed by atoms with van der Waals surface area (Å²) in [5.74, 6) is 0. The van der Waals surface area contributed by atoms with E-state index >= 15 is 0 Å². The molecule has 1 rings (SSSR count). The van der Waals surface area contributed by atoms with Gasteiger partial charge in [-0.1, -0.05) is 32.6 Å². The Bertz CT molecular complexity index is 98.5. The molecule has 1 heterocycles. The van der Waals surface area contributed by atoms with Crippen molar-refractivity contribution in [3.63, 3.8) is 0 Å². The van der Waals surface area contributed by atoms with E-state index in [1.165, 1.54) is 71.6 Å². The Hall–Kier alpha value is -0.0800. The summed E-state index contributed by atoms with van der Waals surface area (Å²) in [6.07, 6.45) is 9.99. The summed E-state index contributed by atoms with van der Waals surface area (Å²) >= 11 is 0. The Morgan fingerprint density at radius 2 is 1.57 bits per heavy atom. The molecule has 2 N–H and O–H groups in total. The zero-order chi connectivity index (χ0) is 10.6. The van der Waals surface area contributed by atoms with Crippen LogP contribution in [0.15, 0.2) is 0 Å². The Morgan fingerprint density at radius 1 is 0.929 bits per heavy atom. The monoisotopic (exact) mass is 200 g/mol. The van der Waals surface area contributed by atoms with E-state index in [-0.39, 0.29) is 0 Å². The summed E-state index contributed by atoms with van der Waals surface area (Å²) in [5, 5.41) is 0. The summed E-state index contributed by atoms with van der Waals surface area (Å²) in [6.45, 7) is 6.37. The summed E-state index contributed by atoms with van der Waals surface area (Å²) < 4.78 is 0. The van der Waals surface area contributed by atoms with Crippen LogP contribution in [-0.4, -0.2) is 31.6 Å². The second-order valence-corrected chi connectivity index (χ2v) is 3.96. The van der Waals surface area contributed by atoms with Gasteiger partial charge in [0.15, 0.2) is 0 Å². The minimum Gasteiger partial charge on any atom is -0.333 e. The summed E-state index contributed by atoms with van der Waals surface area (Å²) in [7, 11) is 1.50. The molecule has 0 aromatic heterocycles. The third-order valence-electron chi connectivity index (χ3n) is 2.78. The average Bonchev–Trinajstić information content (AvgIpc) is 2.29. The van der Waals surface area contributed by atoms with Crippen molar-refractivity contribution in [1.29, 1.82) is 0 Å². The third-order valence-corrected chi connectivity index (χ3v) is 2.78. The Kier molecular flexibility index (Phi) is 10.9. The van der Waals surface area contributed by atoms with Crippen molar-refractivity contribution in [1.82, 2.24) is 4.90 Å². The fourth-order valence-corrected chi connectivity index (χ4v) is 1.95. The van der Waals surface area contributed by atoms with Crippen LogP contribution >= 0.6 is 0 Å². The molecular weight excluding hydrogens is 172 g/mol. The molecule has 0 spiro atoms. The molecule has 0 aromatic rings. The minimum absolute atomic E-state index is 1.36. The van der Waals surface area contributed by atoms with E-state index in [0.29, 0.717) is 0 Å². The van der Waals surface area contributed by atoms with Gasteiger partial charge in [0.2, 0.25) is 0 Å². The fraction of sp³-hybridized carbons (Fsp3) is 1.00. The molecule has 0 aromatic carbocycles. The maximum atomic E-state index is 4.50. The van der Waals surface area contributed by atoms with Gasteiger partial charge < -0.3 is 10.6 Å². The van der Waals surface area contributed by atoms with Gasteiger partial charge in [-0.05, 0) is 45.9 Å². The highest BCUT2D eigenvalue weighted by atomic mass is 15.1. The van der Waals surface area contributed by atoms with E-state index in [1.54, 1.807) is 0 Å². The number of hydrogen-bond acceptors (Lipinski definition) is 2. The standard InChI is InChI=1S/C11H23N.CH5N/c1-2-3-4-6-9-12-10-7-5-8-11-12;1-2/h2-11H2,1H3;2H2,1H3. The zero-order valence-electron chi connectivity index (χ0n) is 10.1. The van der Waals surface area contributed by atoms with Crippen molar-refractivity contribution in [2.45, 2.75) is 51.9 Å². The van der Waals surface area contributed by atoms with Gasteiger partial charge in [0.25, 0.3) is 0 Å². The predicted molar refractivity (Wildman–Crippen MR) is 64.5 cm³/mol. The molecule has 1 fully saturated rings. The lowest BCUT2D eigenvalue weighted by atomic mass is 10.1. The van der Waals surface area contributed by atoms with Crippen molar-refractivity contribution in [2.24, 2.45) is 5.73 Å². The molecule has 14 heavy (non-hydrogen) atoms. The lowest BCUT2D eigenvalue weighted by molar-refractivity contribution is 0.224. The maximum absolute atomic E-state index is 4.50. The molecule has 2 nitrogen and oxygen atoms in total. The molecule has 0 amide bonds. The first kappa shape index (κ1) is 13.9. The number of rotatable bonds is 5. The molecule has 1 saturated heterocycles. The number of piperidine rings is 1. The van der Waals surface area contributed by atoms with Crippen LogP contribution in [0.1, 0.15) is 51.9 Å². The SMILES string of the molecule is CCCCCCN1CCCCC1.CN. The van der Waals surface area contributed by atoms with Crippen LogP contribution in [-0.2, 0) is 0 Å². The highest BCUT2D eigenvalue weighted by molar-refractivity contribution is 4.63. The first-order valence-electron chi connectivity index (χ1n) is 6.23. The first-order chi connectivity index (χ1) is 6.93. The van der Waals surface area contributed by atoms with Crippen LogP contribution in [0, 0.1) is 0 Å². The Balaban J connectivity index is 0.000000791. The van der Waals surface area contributed by atoms with E-state index in [4.69, 9.17) is 0 Å². The van der Waals surface area contributed by atoms with Crippen molar-refractivity contribution >= 4 is 0 Å². The van der Waals surface area contributed by atoms with E-state index in [0.717, 1.165) is 0 Å². The molecule has 86 valence electrons. The third kappa shape index (κ3) is 7.34. The molecule has 0 radical (unpaired) electrons. The van der Waals surface area contributed by atoms with Crippen LogP contribution in [0.2, 0.25) is 0 Å². The van der Waals surface area contributed by atoms with Crippen LogP contribution in [0.3, 0.4) is 0 Å². The molecule has 2 heteroatoms. The first-order valence-corrected chi connectivity index (χ1v) is 6.23. The second-order valence-electron chi connectivity index (χ2n) is 3.96. The van der Waals surface area contributed by atoms with Crippen LogP contribution < -0.4 is 5.73 Å². The predicted octanol–water partition coefficient (Wildman–Crippen LogP) is 2.63. The second kappa shape index (κ2) is 11.0. The largest absolute Gasteiger partial charge is 0.333 e. The summed E-state index contributed by atoms with van der Waals surface area (Å²) in [6, 6.07) is 0. The van der Waals surface area contributed by atoms with Crippen LogP contribution in [0.5, 0.6) is 0 Å². The van der Waals surface area contributed by atoms with Gasteiger partial charge in [0.05, 0.1) is 0 Å². The molecule has 0 saturated carbocycles. The molecule has 0 atom stereocenters. The van der Waals surface area contributed by atoms with Gasteiger partial charge in [-0.3, -0.25) is 0 Å². The number of hydrogen-bond donors (Lipinski definition) is 1. The van der Waals surface area contributed by atoms with E-state index in [9.17, 15) is 0 Å². The molecule has 0 unspecified atom stereocenters. The molecule has 0 bridgehead atoms. The minimum atomic E-state index is 1.36. The number of nitrogens with zero attached hydrogens (tertiary/aromatic N) is 1. The Labute approximate surface area is 89.9 Å². The van der Waals surface area contributed by atoms with Crippen molar-refractivity contribution in [3.05, 3.63) is 0 Å². The lowest BCUT2D eigenvalue weighted by Crippen LogP contribution is -2.30. The topological polar surface area (TPSA) is 29.3 Å². The lowest BCUT2D eigenvalue weighted by Gasteiger charge is -2.26. The van der Waals surface area contributed by atoms with Crippen LogP contribution in [0.4, 0.5) is 0 Å². The smallest absolute Gasteiger partial charge is 0.00187 e. The average molecular weight is 200 g/mol. The molecule has 1 aliphatic rings. The number of likely N-dealkylation sites (tertiary alicyclic amines) is 1. The zero-order valence-corrected chi connectivity index (χ0v) is 10.1. The van der Waals surface area contributed by atoms with E-state index in [1.807, 2.05) is 0 Å². The Morgan fingerprint density at radius 3 is 2.14 bits per heavy atom. The molecule has 0 aliphatic carbocycles. The number of unbranched alkanes of at least 4 members (excludes halogenated alkanes) is 3. The van der Waals surface area contributed by atoms with Gasteiger partial charge in [-0.2, -0.15) is 0 Å².